The van der Waals surface area contributed by atoms with E-state index >= 15 is 0 Å². The maximum Gasteiger partial charge on any atom is 0.117 e. The van der Waals surface area contributed by atoms with Crippen molar-refractivity contribution >= 4 is 0 Å². The molecule has 0 amide bonds. The normalized spacial score (nSPS) is 49.4. The molecule has 23 heavy (non-hydrogen) atoms. The largest absolute Gasteiger partial charge is 0.367 e. The van der Waals surface area contributed by atoms with Gasteiger partial charge in [-0.05, 0) is 77.4 Å². The molecule has 0 unspecified atom stereocenters. The average molecular weight is 318 g/mol. The van der Waals surface area contributed by atoms with Crippen LogP contribution in [-0.2, 0) is 14.2 Å². The van der Waals surface area contributed by atoms with Crippen molar-refractivity contribution in [1.82, 2.24) is 0 Å². The first kappa shape index (κ1) is 15.9. The Kier molecular flexibility index (Phi) is 3.75. The number of allylic oxidation sites excluding steroid dienone is 2. The first-order chi connectivity index (χ1) is 10.9. The van der Waals surface area contributed by atoms with Crippen LogP contribution >= 0.6 is 0 Å². The van der Waals surface area contributed by atoms with Gasteiger partial charge in [0.05, 0.1) is 23.9 Å². The van der Waals surface area contributed by atoms with E-state index in [1.807, 2.05) is 0 Å². The summed E-state index contributed by atoms with van der Waals surface area (Å²) < 4.78 is 18.3. The molecule has 3 nitrogen and oxygen atoms in total. The molecule has 3 heteroatoms. The van der Waals surface area contributed by atoms with E-state index in [1.54, 1.807) is 0 Å². The lowest BCUT2D eigenvalue weighted by atomic mass is 9.88. The van der Waals surface area contributed by atoms with E-state index in [0.717, 1.165) is 45.1 Å². The van der Waals surface area contributed by atoms with E-state index < -0.39 is 0 Å². The van der Waals surface area contributed by atoms with Crippen LogP contribution in [0.3, 0.4) is 0 Å². The smallest absolute Gasteiger partial charge is 0.117 e. The molecule has 4 rings (SSSR count). The second-order valence-corrected chi connectivity index (χ2v) is 8.44. The molecule has 4 aliphatic rings. The van der Waals surface area contributed by atoms with Gasteiger partial charge in [0.2, 0.25) is 0 Å². The van der Waals surface area contributed by atoms with Crippen LogP contribution in [0.25, 0.3) is 0 Å². The highest BCUT2D eigenvalue weighted by Crippen LogP contribution is 2.50. The molecule has 0 spiro atoms. The summed E-state index contributed by atoms with van der Waals surface area (Å²) in [6, 6.07) is 0. The second-order valence-electron chi connectivity index (χ2n) is 8.44. The fraction of sp³-hybridized carbons (Fsp3) is 0.800. The molecule has 1 aliphatic carbocycles. The van der Waals surface area contributed by atoms with Crippen LogP contribution < -0.4 is 0 Å². The Morgan fingerprint density at radius 3 is 2.70 bits per heavy atom. The Balaban J connectivity index is 1.54. The van der Waals surface area contributed by atoms with Gasteiger partial charge in [-0.1, -0.05) is 11.6 Å². The molecule has 2 fully saturated rings. The first-order valence-electron chi connectivity index (χ1n) is 9.23. The second kappa shape index (κ2) is 5.44. The van der Waals surface area contributed by atoms with E-state index in [4.69, 9.17) is 14.2 Å². The summed E-state index contributed by atoms with van der Waals surface area (Å²) in [6.07, 6.45) is 9.98. The van der Waals surface area contributed by atoms with Crippen molar-refractivity contribution in [3.63, 3.8) is 0 Å². The highest BCUT2D eigenvalue weighted by atomic mass is 16.6. The SMILES string of the molecule is CC1=C2CC[C@@]3(C)O[C@H]3CC/C(C)=C/CC[C@]3(C)O[C@@H]3[C@H]2OC1. The molecule has 0 saturated carbocycles. The summed E-state index contributed by atoms with van der Waals surface area (Å²) in [6.45, 7) is 9.78. The summed E-state index contributed by atoms with van der Waals surface area (Å²) in [5, 5.41) is 0. The number of hydrogen-bond acceptors (Lipinski definition) is 3. The molecule has 5 atom stereocenters. The van der Waals surface area contributed by atoms with Crippen LogP contribution in [0.15, 0.2) is 22.8 Å². The minimum atomic E-state index is 0.00392. The predicted molar refractivity (Wildman–Crippen MR) is 90.5 cm³/mol. The predicted octanol–water partition coefficient (Wildman–Crippen LogP) is 4.32. The van der Waals surface area contributed by atoms with Crippen LogP contribution in [0, 0.1) is 0 Å². The van der Waals surface area contributed by atoms with Gasteiger partial charge in [-0.3, -0.25) is 0 Å². The molecule has 0 aromatic rings. The lowest BCUT2D eigenvalue weighted by molar-refractivity contribution is 0.0922. The van der Waals surface area contributed by atoms with Gasteiger partial charge in [-0.25, -0.2) is 0 Å². The van der Waals surface area contributed by atoms with Crippen molar-refractivity contribution in [3.05, 3.63) is 22.8 Å². The monoisotopic (exact) mass is 318 g/mol. The summed E-state index contributed by atoms with van der Waals surface area (Å²) in [7, 11) is 0. The quantitative estimate of drug-likeness (QED) is 0.493. The molecule has 0 radical (unpaired) electrons. The van der Waals surface area contributed by atoms with E-state index in [9.17, 15) is 0 Å². The Morgan fingerprint density at radius 1 is 1.04 bits per heavy atom. The van der Waals surface area contributed by atoms with Crippen molar-refractivity contribution < 1.29 is 14.2 Å². The van der Waals surface area contributed by atoms with Gasteiger partial charge >= 0.3 is 0 Å². The van der Waals surface area contributed by atoms with Gasteiger partial charge in [-0.2, -0.15) is 0 Å². The number of rotatable bonds is 0. The number of epoxide rings is 2. The standard InChI is InChI=1S/C20H30O3/c1-13-6-5-10-20(4)18(23-20)17-15(14(2)12-21-17)9-11-19(3)16(22-19)8-7-13/h6,16-18H,5,7-12H2,1-4H3/b13-6+/t16-,17-,18+,19+,20-/m0/s1. The van der Waals surface area contributed by atoms with Crippen LogP contribution in [-0.4, -0.2) is 36.1 Å². The zero-order valence-corrected chi connectivity index (χ0v) is 15.0. The van der Waals surface area contributed by atoms with Crippen molar-refractivity contribution in [2.75, 3.05) is 6.61 Å². The maximum atomic E-state index is 6.12. The summed E-state index contributed by atoms with van der Waals surface area (Å²) >= 11 is 0. The summed E-state index contributed by atoms with van der Waals surface area (Å²) in [4.78, 5) is 0. The van der Waals surface area contributed by atoms with Crippen molar-refractivity contribution in [3.8, 4) is 0 Å². The fourth-order valence-corrected chi connectivity index (χ4v) is 4.44. The Labute approximate surface area is 140 Å². The topological polar surface area (TPSA) is 34.3 Å². The molecule has 3 aliphatic heterocycles. The van der Waals surface area contributed by atoms with Gasteiger partial charge < -0.3 is 14.2 Å². The van der Waals surface area contributed by atoms with Gasteiger partial charge in [0.15, 0.2) is 0 Å². The van der Waals surface area contributed by atoms with Gasteiger partial charge in [0, 0.05) is 0 Å². The van der Waals surface area contributed by atoms with Crippen LogP contribution in [0.1, 0.15) is 66.2 Å². The Bertz CT molecular complexity index is 563. The molecule has 3 heterocycles. The number of hydrogen-bond donors (Lipinski definition) is 0. The zero-order chi connectivity index (χ0) is 16.2. The maximum absolute atomic E-state index is 6.12. The van der Waals surface area contributed by atoms with Crippen LogP contribution in [0.2, 0.25) is 0 Å². The van der Waals surface area contributed by atoms with Gasteiger partial charge in [0.1, 0.15) is 12.2 Å². The Morgan fingerprint density at radius 2 is 1.87 bits per heavy atom. The molecule has 0 aromatic carbocycles. The molecule has 0 bridgehead atoms. The van der Waals surface area contributed by atoms with E-state index in [1.165, 1.54) is 16.7 Å². The molecule has 128 valence electrons. The Hall–Kier alpha value is -0.640. The van der Waals surface area contributed by atoms with Crippen LogP contribution in [0.5, 0.6) is 0 Å². The lowest BCUT2D eigenvalue weighted by Crippen LogP contribution is -2.25. The average Bonchev–Trinajstić information content (AvgIpc) is 3.30. The third-order valence-corrected chi connectivity index (χ3v) is 6.45. The third-order valence-electron chi connectivity index (χ3n) is 6.45. The minimum absolute atomic E-state index is 0.00392. The minimum Gasteiger partial charge on any atom is -0.367 e. The van der Waals surface area contributed by atoms with Crippen molar-refractivity contribution in [1.29, 1.82) is 0 Å². The van der Waals surface area contributed by atoms with E-state index in [0.29, 0.717) is 6.10 Å². The van der Waals surface area contributed by atoms with E-state index in [2.05, 4.69) is 33.8 Å². The highest BCUT2D eigenvalue weighted by molar-refractivity contribution is 5.28. The third kappa shape index (κ3) is 2.92. The van der Waals surface area contributed by atoms with Crippen molar-refractivity contribution in [2.24, 2.45) is 0 Å². The molecule has 0 N–H and O–H groups in total. The molecular weight excluding hydrogens is 288 g/mol. The zero-order valence-electron chi connectivity index (χ0n) is 15.0. The van der Waals surface area contributed by atoms with Gasteiger partial charge in [0.25, 0.3) is 0 Å². The molecular formula is C20H30O3. The molecule has 2 saturated heterocycles. The molecule has 0 aromatic heterocycles. The van der Waals surface area contributed by atoms with Crippen molar-refractivity contribution in [2.45, 2.75) is 95.7 Å². The van der Waals surface area contributed by atoms with E-state index in [-0.39, 0.29) is 23.4 Å². The highest BCUT2D eigenvalue weighted by Gasteiger charge is 2.58. The first-order valence-corrected chi connectivity index (χ1v) is 9.23. The lowest BCUT2D eigenvalue weighted by Gasteiger charge is -2.16. The fourth-order valence-electron chi connectivity index (χ4n) is 4.44. The summed E-state index contributed by atoms with van der Waals surface area (Å²) in [5.74, 6) is 0. The number of fused-ring (bicyclic) bond motifs is 4. The van der Waals surface area contributed by atoms with Crippen LogP contribution in [0.4, 0.5) is 0 Å². The number of ether oxygens (including phenoxy) is 3. The van der Waals surface area contributed by atoms with Gasteiger partial charge in [-0.15, -0.1) is 0 Å². The summed E-state index contributed by atoms with van der Waals surface area (Å²) in [5.41, 5.74) is 4.48.